The molecule has 2 aliphatic carbocycles. The molecule has 2 aliphatic rings. The van der Waals surface area contributed by atoms with Gasteiger partial charge in [0.15, 0.2) is 0 Å². The molecule has 0 radical (unpaired) electrons. The van der Waals surface area contributed by atoms with Crippen LogP contribution in [0.4, 0.5) is 5.69 Å². The van der Waals surface area contributed by atoms with Crippen LogP contribution >= 0.6 is 11.8 Å². The van der Waals surface area contributed by atoms with Crippen molar-refractivity contribution in [2.24, 2.45) is 11.8 Å². The topological polar surface area (TPSA) is 39.0 Å². The molecule has 2 aromatic heterocycles. The third-order valence-electron chi connectivity index (χ3n) is 6.15. The fourth-order valence-corrected chi connectivity index (χ4v) is 4.76. The first-order valence-electron chi connectivity index (χ1n) is 10.7. The van der Waals surface area contributed by atoms with E-state index in [1.807, 2.05) is 12.1 Å². The van der Waals surface area contributed by atoms with Gasteiger partial charge in [-0.15, -0.1) is 11.8 Å². The molecule has 0 N–H and O–H groups in total. The Kier molecular flexibility index (Phi) is 5.27. The van der Waals surface area contributed by atoms with Crippen molar-refractivity contribution in [1.82, 2.24) is 9.61 Å². The lowest BCUT2D eigenvalue weighted by molar-refractivity contribution is 0.395. The summed E-state index contributed by atoms with van der Waals surface area (Å²) in [7, 11) is 3.38. The molecule has 0 atom stereocenters. The van der Waals surface area contributed by atoms with Gasteiger partial charge in [0.2, 0.25) is 0 Å². The largest absolute Gasteiger partial charge is 0.497 e. The number of hydrogen-bond acceptors (Lipinski definition) is 5. The summed E-state index contributed by atoms with van der Waals surface area (Å²) < 4.78 is 13.2. The second-order valence-electron chi connectivity index (χ2n) is 8.42. The first-order chi connectivity index (χ1) is 14.7. The number of nitrogens with zero attached hydrogens (tertiary/aromatic N) is 3. The number of ether oxygens (including phenoxy) is 2. The van der Waals surface area contributed by atoms with Gasteiger partial charge in [-0.25, -0.2) is 4.52 Å². The molecule has 0 saturated heterocycles. The average Bonchev–Trinajstić information content (AvgIpc) is 3.72. The van der Waals surface area contributed by atoms with Gasteiger partial charge in [0.05, 0.1) is 31.1 Å². The molecule has 0 amide bonds. The summed E-state index contributed by atoms with van der Waals surface area (Å²) in [5, 5.41) is 6.16. The van der Waals surface area contributed by atoms with E-state index < -0.39 is 0 Å². The standard InChI is InChI=1S/C24H29N3O2S/c1-28-18-11-12-19(22(13-18)29-2)20-5-4-6-21-23(24(30-3)25-27(20)21)26(14-16-7-8-16)15-17-9-10-17/h4-6,11-13,16-17H,7-10,14-15H2,1-3H3. The van der Waals surface area contributed by atoms with Gasteiger partial charge in [0.25, 0.3) is 0 Å². The summed E-state index contributed by atoms with van der Waals surface area (Å²) >= 11 is 1.74. The molecule has 2 saturated carbocycles. The van der Waals surface area contributed by atoms with Gasteiger partial charge in [0, 0.05) is 24.7 Å². The van der Waals surface area contributed by atoms with Crippen LogP contribution in [0.25, 0.3) is 16.8 Å². The third kappa shape index (κ3) is 3.73. The number of anilines is 1. The molecule has 3 aromatic rings. The van der Waals surface area contributed by atoms with Crippen LogP contribution in [-0.2, 0) is 0 Å². The summed E-state index contributed by atoms with van der Waals surface area (Å²) in [4.78, 5) is 2.62. The smallest absolute Gasteiger partial charge is 0.142 e. The highest BCUT2D eigenvalue weighted by atomic mass is 32.2. The van der Waals surface area contributed by atoms with Crippen molar-refractivity contribution in [2.75, 3.05) is 38.5 Å². The van der Waals surface area contributed by atoms with Gasteiger partial charge in [-0.1, -0.05) is 6.07 Å². The van der Waals surface area contributed by atoms with Crippen molar-refractivity contribution >= 4 is 23.0 Å². The van der Waals surface area contributed by atoms with Gasteiger partial charge in [-0.2, -0.15) is 5.10 Å². The monoisotopic (exact) mass is 423 g/mol. The van der Waals surface area contributed by atoms with Crippen LogP contribution in [0.3, 0.4) is 0 Å². The van der Waals surface area contributed by atoms with E-state index in [9.17, 15) is 0 Å². The highest BCUT2D eigenvalue weighted by Gasteiger charge is 2.32. The van der Waals surface area contributed by atoms with Crippen molar-refractivity contribution in [3.8, 4) is 22.8 Å². The summed E-state index contributed by atoms with van der Waals surface area (Å²) in [5.74, 6) is 3.27. The summed E-state index contributed by atoms with van der Waals surface area (Å²) in [5.41, 5.74) is 4.53. The zero-order valence-corrected chi connectivity index (χ0v) is 18.7. The van der Waals surface area contributed by atoms with E-state index in [1.54, 1.807) is 26.0 Å². The molecular formula is C24H29N3O2S. The van der Waals surface area contributed by atoms with Crippen molar-refractivity contribution in [3.05, 3.63) is 36.4 Å². The Labute approximate surface area is 182 Å². The Morgan fingerprint density at radius 1 is 1.03 bits per heavy atom. The molecule has 30 heavy (non-hydrogen) atoms. The summed E-state index contributed by atoms with van der Waals surface area (Å²) in [6, 6.07) is 12.4. The lowest BCUT2D eigenvalue weighted by Crippen LogP contribution is -2.28. The summed E-state index contributed by atoms with van der Waals surface area (Å²) in [6.07, 6.45) is 7.59. The van der Waals surface area contributed by atoms with Gasteiger partial charge in [-0.3, -0.25) is 0 Å². The molecule has 2 fully saturated rings. The maximum absolute atomic E-state index is 5.69. The number of rotatable bonds is 9. The third-order valence-corrected chi connectivity index (χ3v) is 6.81. The number of pyridine rings is 1. The Balaban J connectivity index is 1.64. The molecule has 5 nitrogen and oxygen atoms in total. The number of thioether (sulfide) groups is 1. The molecule has 2 heterocycles. The molecule has 5 rings (SSSR count). The van der Waals surface area contributed by atoms with Crippen molar-refractivity contribution in [3.63, 3.8) is 0 Å². The highest BCUT2D eigenvalue weighted by Crippen LogP contribution is 2.42. The highest BCUT2D eigenvalue weighted by molar-refractivity contribution is 7.98. The van der Waals surface area contributed by atoms with E-state index in [0.29, 0.717) is 0 Å². The Morgan fingerprint density at radius 3 is 2.37 bits per heavy atom. The van der Waals surface area contributed by atoms with Crippen LogP contribution in [0.15, 0.2) is 41.4 Å². The van der Waals surface area contributed by atoms with E-state index in [2.05, 4.69) is 39.9 Å². The van der Waals surface area contributed by atoms with Crippen LogP contribution in [0.1, 0.15) is 25.7 Å². The molecule has 0 aliphatic heterocycles. The average molecular weight is 424 g/mol. The minimum atomic E-state index is 0.786. The second kappa shape index (κ2) is 8.06. The quantitative estimate of drug-likeness (QED) is 0.433. The normalized spacial score (nSPS) is 16.1. The second-order valence-corrected chi connectivity index (χ2v) is 9.22. The van der Waals surface area contributed by atoms with E-state index in [1.165, 1.54) is 36.9 Å². The minimum absolute atomic E-state index is 0.786. The van der Waals surface area contributed by atoms with E-state index >= 15 is 0 Å². The fraction of sp³-hybridized carbons (Fsp3) is 0.458. The maximum Gasteiger partial charge on any atom is 0.142 e. The van der Waals surface area contributed by atoms with Crippen molar-refractivity contribution < 1.29 is 9.47 Å². The zero-order valence-electron chi connectivity index (χ0n) is 17.9. The van der Waals surface area contributed by atoms with E-state index in [4.69, 9.17) is 14.6 Å². The lowest BCUT2D eigenvalue weighted by atomic mass is 10.1. The van der Waals surface area contributed by atoms with Gasteiger partial charge in [0.1, 0.15) is 16.5 Å². The molecule has 0 bridgehead atoms. The van der Waals surface area contributed by atoms with Gasteiger partial charge < -0.3 is 14.4 Å². The molecule has 158 valence electrons. The predicted molar refractivity (Wildman–Crippen MR) is 123 cm³/mol. The predicted octanol–water partition coefficient (Wildman–Crippen LogP) is 5.37. The van der Waals surface area contributed by atoms with Gasteiger partial charge >= 0.3 is 0 Å². The molecular weight excluding hydrogens is 394 g/mol. The van der Waals surface area contributed by atoms with Crippen molar-refractivity contribution in [2.45, 2.75) is 30.7 Å². The molecule has 6 heteroatoms. The van der Waals surface area contributed by atoms with Gasteiger partial charge in [-0.05, 0) is 68.0 Å². The van der Waals surface area contributed by atoms with Crippen molar-refractivity contribution in [1.29, 1.82) is 0 Å². The molecule has 0 spiro atoms. The van der Waals surface area contributed by atoms with Crippen LogP contribution in [0.5, 0.6) is 11.5 Å². The van der Waals surface area contributed by atoms with E-state index in [-0.39, 0.29) is 0 Å². The Morgan fingerprint density at radius 2 is 1.77 bits per heavy atom. The molecule has 0 unspecified atom stereocenters. The fourth-order valence-electron chi connectivity index (χ4n) is 4.17. The van der Waals surface area contributed by atoms with E-state index in [0.717, 1.165) is 52.7 Å². The number of hydrogen-bond donors (Lipinski definition) is 0. The number of benzene rings is 1. The lowest BCUT2D eigenvalue weighted by Gasteiger charge is -2.25. The van der Waals surface area contributed by atoms with Crippen LogP contribution in [0, 0.1) is 11.8 Å². The maximum atomic E-state index is 5.69. The SMILES string of the molecule is COc1ccc(-c2cccc3c(N(CC4CC4)CC4CC4)c(SC)nn23)c(OC)c1. The number of fused-ring (bicyclic) bond motifs is 1. The molecule has 1 aromatic carbocycles. The van der Waals surface area contributed by atoms with Crippen LogP contribution in [-0.4, -0.2) is 43.2 Å². The van der Waals surface area contributed by atoms with Crippen LogP contribution in [0.2, 0.25) is 0 Å². The zero-order chi connectivity index (χ0) is 20.7. The first-order valence-corrected chi connectivity index (χ1v) is 12.0. The summed E-state index contributed by atoms with van der Waals surface area (Å²) in [6.45, 7) is 2.31. The Bertz CT molecular complexity index is 1040. The minimum Gasteiger partial charge on any atom is -0.497 e. The first kappa shape index (κ1) is 19.6. The Hall–Kier alpha value is -2.34. The van der Waals surface area contributed by atoms with Crippen LogP contribution < -0.4 is 14.4 Å². The number of methoxy groups -OCH3 is 2. The number of aromatic nitrogens is 2.